The maximum atomic E-state index is 13.3. The smallest absolute Gasteiger partial charge is 0.263 e. The Morgan fingerprint density at radius 1 is 1.25 bits per heavy atom. The van der Waals surface area contributed by atoms with Crippen LogP contribution in [-0.2, 0) is 24.2 Å². The number of rotatable bonds is 5. The van der Waals surface area contributed by atoms with Crippen molar-refractivity contribution < 1.29 is 4.79 Å². The molecule has 7 heteroatoms. The van der Waals surface area contributed by atoms with Crippen molar-refractivity contribution in [1.29, 1.82) is 0 Å². The Balaban J connectivity index is 1.69. The van der Waals surface area contributed by atoms with E-state index in [9.17, 15) is 9.59 Å². The number of thiophene rings is 1. The van der Waals surface area contributed by atoms with Crippen molar-refractivity contribution in [3.05, 3.63) is 33.4 Å². The summed E-state index contributed by atoms with van der Waals surface area (Å²) in [5, 5.41) is 1.17. The fourth-order valence-corrected chi connectivity index (χ4v) is 6.48. The summed E-state index contributed by atoms with van der Waals surface area (Å²) < 4.78 is 1.70. The van der Waals surface area contributed by atoms with Crippen molar-refractivity contribution in [2.24, 2.45) is 0 Å². The summed E-state index contributed by atoms with van der Waals surface area (Å²) in [6.07, 6.45) is 9.42. The SMILES string of the molecule is C=CCn1c(S[C@H](C)C(=O)N2CCCCC2)nc2sc3c(c2c1=O)CCCC3. The van der Waals surface area contributed by atoms with Gasteiger partial charge in [-0.05, 0) is 57.4 Å². The van der Waals surface area contributed by atoms with Crippen molar-refractivity contribution >= 4 is 39.2 Å². The summed E-state index contributed by atoms with van der Waals surface area (Å²) in [6.45, 7) is 7.84. The normalized spacial score (nSPS) is 18.1. The predicted octanol–water partition coefficient (Wildman–Crippen LogP) is 4.02. The molecular weight excluding hydrogens is 390 g/mol. The van der Waals surface area contributed by atoms with Crippen molar-refractivity contribution in [2.45, 2.75) is 68.8 Å². The first-order valence-corrected chi connectivity index (χ1v) is 11.9. The van der Waals surface area contributed by atoms with Crippen LogP contribution in [0.3, 0.4) is 0 Å². The molecule has 0 unspecified atom stereocenters. The van der Waals surface area contributed by atoms with Crippen LogP contribution in [0.4, 0.5) is 0 Å². The zero-order chi connectivity index (χ0) is 19.7. The minimum absolute atomic E-state index is 0.0180. The maximum Gasteiger partial charge on any atom is 0.263 e. The van der Waals surface area contributed by atoms with Crippen LogP contribution >= 0.6 is 23.1 Å². The third-order valence-corrected chi connectivity index (χ3v) is 7.91. The van der Waals surface area contributed by atoms with Crippen LogP contribution < -0.4 is 5.56 Å². The zero-order valence-corrected chi connectivity index (χ0v) is 18.0. The maximum absolute atomic E-state index is 13.3. The van der Waals surface area contributed by atoms with Gasteiger partial charge in [-0.3, -0.25) is 14.2 Å². The third kappa shape index (κ3) is 3.66. The van der Waals surface area contributed by atoms with Gasteiger partial charge in [0.25, 0.3) is 5.56 Å². The molecule has 1 saturated heterocycles. The first kappa shape index (κ1) is 19.7. The lowest BCUT2D eigenvalue weighted by molar-refractivity contribution is -0.131. The molecule has 0 N–H and O–H groups in total. The molecule has 0 spiro atoms. The molecule has 5 nitrogen and oxygen atoms in total. The summed E-state index contributed by atoms with van der Waals surface area (Å²) in [5.41, 5.74) is 1.22. The summed E-state index contributed by atoms with van der Waals surface area (Å²) in [7, 11) is 0. The van der Waals surface area contributed by atoms with Crippen LogP contribution in [0.2, 0.25) is 0 Å². The molecule has 1 aliphatic carbocycles. The number of amides is 1. The van der Waals surface area contributed by atoms with Gasteiger partial charge in [0.05, 0.1) is 10.6 Å². The molecule has 2 aromatic rings. The lowest BCUT2D eigenvalue weighted by Gasteiger charge is -2.29. The van der Waals surface area contributed by atoms with Crippen molar-refractivity contribution in [3.63, 3.8) is 0 Å². The summed E-state index contributed by atoms with van der Waals surface area (Å²) >= 11 is 3.07. The van der Waals surface area contributed by atoms with E-state index in [0.29, 0.717) is 11.7 Å². The second-order valence-electron chi connectivity index (χ2n) is 7.64. The molecule has 1 amide bonds. The van der Waals surface area contributed by atoms with Gasteiger partial charge < -0.3 is 4.90 Å². The highest BCUT2D eigenvalue weighted by atomic mass is 32.2. The number of carbonyl (C=O) groups is 1. The van der Waals surface area contributed by atoms with E-state index in [4.69, 9.17) is 4.98 Å². The number of hydrogen-bond donors (Lipinski definition) is 0. The molecular formula is C21H27N3O2S2. The molecule has 28 heavy (non-hydrogen) atoms. The lowest BCUT2D eigenvalue weighted by atomic mass is 9.97. The van der Waals surface area contributed by atoms with Gasteiger partial charge in [-0.15, -0.1) is 17.9 Å². The first-order chi connectivity index (χ1) is 13.6. The van der Waals surface area contributed by atoms with Crippen LogP contribution in [0.15, 0.2) is 22.6 Å². The monoisotopic (exact) mass is 417 g/mol. The minimum atomic E-state index is -0.256. The van der Waals surface area contributed by atoms with Crippen LogP contribution in [0.5, 0.6) is 0 Å². The van der Waals surface area contributed by atoms with Crippen molar-refractivity contribution in [1.82, 2.24) is 14.5 Å². The van der Waals surface area contributed by atoms with Crippen molar-refractivity contribution in [3.8, 4) is 0 Å². The lowest BCUT2D eigenvalue weighted by Crippen LogP contribution is -2.40. The molecule has 150 valence electrons. The Morgan fingerprint density at radius 2 is 2.00 bits per heavy atom. The second-order valence-corrected chi connectivity index (χ2v) is 10.0. The summed E-state index contributed by atoms with van der Waals surface area (Å²) in [4.78, 5) is 35.1. The molecule has 0 bridgehead atoms. The molecule has 0 radical (unpaired) electrons. The van der Waals surface area contributed by atoms with E-state index in [0.717, 1.165) is 55.4 Å². The fourth-order valence-electron chi connectivity index (χ4n) is 4.18. The Kier molecular flexibility index (Phi) is 5.92. The van der Waals surface area contributed by atoms with E-state index >= 15 is 0 Å². The number of nitrogens with zero attached hydrogens (tertiary/aromatic N) is 3. The van der Waals surface area contributed by atoms with Gasteiger partial charge in [0.1, 0.15) is 4.83 Å². The van der Waals surface area contributed by atoms with Crippen LogP contribution in [0.1, 0.15) is 49.5 Å². The Morgan fingerprint density at radius 3 is 2.75 bits per heavy atom. The fraction of sp³-hybridized carbons (Fsp3) is 0.571. The molecule has 1 aliphatic heterocycles. The van der Waals surface area contributed by atoms with E-state index in [1.807, 2.05) is 11.8 Å². The van der Waals surface area contributed by atoms with E-state index in [1.165, 1.54) is 35.0 Å². The van der Waals surface area contributed by atoms with Crippen LogP contribution in [-0.4, -0.2) is 38.7 Å². The Hall–Kier alpha value is -1.60. The topological polar surface area (TPSA) is 55.2 Å². The number of thioether (sulfide) groups is 1. The second kappa shape index (κ2) is 8.41. The number of piperidine rings is 1. The van der Waals surface area contributed by atoms with Gasteiger partial charge in [-0.2, -0.15) is 0 Å². The third-order valence-electron chi connectivity index (χ3n) is 5.65. The highest BCUT2D eigenvalue weighted by molar-refractivity contribution is 8.00. The average Bonchev–Trinajstić information content (AvgIpc) is 3.09. The minimum Gasteiger partial charge on any atom is -0.342 e. The van der Waals surface area contributed by atoms with Crippen LogP contribution in [0.25, 0.3) is 10.2 Å². The van der Waals surface area contributed by atoms with Crippen LogP contribution in [0, 0.1) is 0 Å². The van der Waals surface area contributed by atoms with E-state index in [1.54, 1.807) is 22.0 Å². The number of fused-ring (bicyclic) bond motifs is 3. The number of aryl methyl sites for hydroxylation is 2. The number of hydrogen-bond acceptors (Lipinski definition) is 5. The highest BCUT2D eigenvalue weighted by Crippen LogP contribution is 2.35. The molecule has 1 fully saturated rings. The van der Waals surface area contributed by atoms with Gasteiger partial charge in [-0.1, -0.05) is 17.8 Å². The van der Waals surface area contributed by atoms with E-state index in [2.05, 4.69) is 6.58 Å². The summed E-state index contributed by atoms with van der Waals surface area (Å²) in [6, 6.07) is 0. The number of allylic oxidation sites excluding steroid dienone is 1. The number of likely N-dealkylation sites (tertiary alicyclic amines) is 1. The first-order valence-electron chi connectivity index (χ1n) is 10.2. The average molecular weight is 418 g/mol. The number of aromatic nitrogens is 2. The van der Waals surface area contributed by atoms with E-state index < -0.39 is 0 Å². The van der Waals surface area contributed by atoms with Crippen molar-refractivity contribution in [2.75, 3.05) is 13.1 Å². The predicted molar refractivity (Wildman–Crippen MR) is 116 cm³/mol. The zero-order valence-electron chi connectivity index (χ0n) is 16.4. The van der Waals surface area contributed by atoms with Gasteiger partial charge in [0.15, 0.2) is 5.16 Å². The molecule has 2 aliphatic rings. The molecule has 4 rings (SSSR count). The summed E-state index contributed by atoms with van der Waals surface area (Å²) in [5.74, 6) is 0.148. The Bertz CT molecular complexity index is 957. The quantitative estimate of drug-likeness (QED) is 0.419. The Labute approximate surface area is 173 Å². The molecule has 2 aromatic heterocycles. The molecule has 1 atom stereocenters. The van der Waals surface area contributed by atoms with Gasteiger partial charge >= 0.3 is 0 Å². The molecule has 0 aromatic carbocycles. The van der Waals surface area contributed by atoms with Gasteiger partial charge in [0.2, 0.25) is 5.91 Å². The number of carbonyl (C=O) groups excluding carboxylic acids is 1. The van der Waals surface area contributed by atoms with Gasteiger partial charge in [0, 0.05) is 24.5 Å². The standard InChI is InChI=1S/C21H27N3O2S2/c1-3-11-24-20(26)17-15-9-5-6-10-16(15)28-18(17)22-21(24)27-14(2)19(25)23-12-7-4-8-13-23/h3,14H,1,4-13H2,2H3/t14-/m1/s1. The van der Waals surface area contributed by atoms with E-state index in [-0.39, 0.29) is 16.7 Å². The highest BCUT2D eigenvalue weighted by Gasteiger charge is 2.26. The molecule has 0 saturated carbocycles. The molecule has 3 heterocycles. The largest absolute Gasteiger partial charge is 0.342 e. The van der Waals surface area contributed by atoms with Gasteiger partial charge in [-0.25, -0.2) is 4.98 Å².